The predicted octanol–water partition coefficient (Wildman–Crippen LogP) is 30.3. The van der Waals surface area contributed by atoms with Gasteiger partial charge < -0.3 is 56.8 Å². The summed E-state index contributed by atoms with van der Waals surface area (Å²) < 4.78 is 68.5. The van der Waals surface area contributed by atoms with E-state index in [0.717, 1.165) is 113 Å². The Hall–Kier alpha value is -8.58. The Kier molecular flexibility index (Phi) is 45.3. The Bertz CT molecular complexity index is 4500. The van der Waals surface area contributed by atoms with Crippen molar-refractivity contribution in [3.63, 3.8) is 0 Å². The van der Waals surface area contributed by atoms with Crippen molar-refractivity contribution >= 4 is 35.8 Å². The minimum Gasteiger partial charge on any atom is -0.465 e. The lowest BCUT2D eigenvalue weighted by Gasteiger charge is -2.36. The smallest absolute Gasteiger partial charge is 0.338 e. The molecule has 0 aromatic heterocycles. The van der Waals surface area contributed by atoms with Gasteiger partial charge in [0.15, 0.2) is 6.29 Å². The molecule has 0 radical (unpaired) electrons. The Labute approximate surface area is 807 Å². The van der Waals surface area contributed by atoms with Gasteiger partial charge in [-0.05, 0) is 384 Å². The second-order valence-corrected chi connectivity index (χ2v) is 42.0. The van der Waals surface area contributed by atoms with Gasteiger partial charge in [0, 0.05) is 25.6 Å². The van der Waals surface area contributed by atoms with Gasteiger partial charge in [-0.25, -0.2) is 14.4 Å². The second-order valence-electron chi connectivity index (χ2n) is 42.0. The Morgan fingerprint density at radius 1 is 0.396 bits per heavy atom. The molecule has 18 nitrogen and oxygen atoms in total. The van der Waals surface area contributed by atoms with Crippen molar-refractivity contribution in [2.45, 2.75) is 406 Å². The minimum atomic E-state index is -0.481. The first-order chi connectivity index (χ1) is 63.5. The molecule has 6 fully saturated rings. The zero-order chi connectivity index (χ0) is 98.7. The van der Waals surface area contributed by atoms with Gasteiger partial charge in [0.2, 0.25) is 12.6 Å². The van der Waals surface area contributed by atoms with E-state index in [0.29, 0.717) is 81.8 Å². The number of hydrogen-bond acceptors (Lipinski definition) is 18. The molecule has 0 aliphatic heterocycles. The van der Waals surface area contributed by atoms with Gasteiger partial charge >= 0.3 is 35.8 Å². The highest BCUT2D eigenvalue weighted by molar-refractivity contribution is 5.91. The topological polar surface area (TPSA) is 213 Å². The van der Waals surface area contributed by atoms with Gasteiger partial charge in [-0.15, -0.1) is 0 Å². The van der Waals surface area contributed by atoms with Gasteiger partial charge in [-0.2, -0.15) is 0 Å². The van der Waals surface area contributed by atoms with E-state index in [2.05, 4.69) is 101 Å². The first-order valence-corrected chi connectivity index (χ1v) is 51.3. The number of esters is 6. The van der Waals surface area contributed by atoms with E-state index in [1.807, 2.05) is 157 Å². The van der Waals surface area contributed by atoms with E-state index in [1.165, 1.54) is 107 Å². The third-order valence-electron chi connectivity index (χ3n) is 29.4. The molecule has 0 heterocycles. The fourth-order valence-electron chi connectivity index (χ4n) is 18.2. The molecule has 0 amide bonds. The van der Waals surface area contributed by atoms with E-state index in [1.54, 1.807) is 67.8 Å². The summed E-state index contributed by atoms with van der Waals surface area (Å²) >= 11 is 0. The van der Waals surface area contributed by atoms with Gasteiger partial charge in [-0.3, -0.25) is 14.4 Å². The summed E-state index contributed by atoms with van der Waals surface area (Å²) in [5.74, 6) is 8.47. The van der Waals surface area contributed by atoms with Gasteiger partial charge in [-0.1, -0.05) is 172 Å². The van der Waals surface area contributed by atoms with E-state index < -0.39 is 16.2 Å². The molecule has 0 saturated heterocycles. The summed E-state index contributed by atoms with van der Waals surface area (Å²) in [4.78, 5) is 73.6. The first kappa shape index (κ1) is 112. The Balaban J connectivity index is 0.000000221. The van der Waals surface area contributed by atoms with E-state index >= 15 is 0 Å². The van der Waals surface area contributed by atoms with Crippen LogP contribution < -0.4 is 28.4 Å². The van der Waals surface area contributed by atoms with Crippen LogP contribution in [0, 0.1) is 57.7 Å². The number of ether oxygens (including phenoxy) is 12. The van der Waals surface area contributed by atoms with E-state index in [-0.39, 0.29) is 83.3 Å². The monoisotopic (exact) mass is 1850 g/mol. The first-order valence-electron chi connectivity index (χ1n) is 51.3. The maximum atomic E-state index is 12.5. The van der Waals surface area contributed by atoms with E-state index in [9.17, 15) is 28.8 Å². The molecule has 18 heteroatoms. The highest BCUT2D eigenvalue weighted by Crippen LogP contribution is 2.60. The molecule has 6 aliphatic carbocycles. The third kappa shape index (κ3) is 34.5. The lowest BCUT2D eigenvalue weighted by Crippen LogP contribution is -2.37. The van der Waals surface area contributed by atoms with Crippen LogP contribution >= 0.6 is 0 Å². The molecular formula is C116H172O18. The zero-order valence-electron chi connectivity index (χ0n) is 87.1. The van der Waals surface area contributed by atoms with Crippen molar-refractivity contribution in [2.75, 3.05) is 13.7 Å². The molecular weight excluding hydrogens is 1680 g/mol. The molecule has 0 spiro atoms. The molecule has 12 rings (SSSR count). The molecule has 6 aromatic rings. The lowest BCUT2D eigenvalue weighted by atomic mass is 9.79. The number of rotatable bonds is 36. The summed E-state index contributed by atoms with van der Waals surface area (Å²) in [6.45, 7) is 51.3. The van der Waals surface area contributed by atoms with Crippen LogP contribution in [0.1, 0.15) is 412 Å². The zero-order valence-corrected chi connectivity index (χ0v) is 87.1. The molecule has 6 saturated carbocycles. The summed E-state index contributed by atoms with van der Waals surface area (Å²) in [5, 5.41) is 0. The van der Waals surface area contributed by atoms with Gasteiger partial charge in [0.05, 0.1) is 39.0 Å². The van der Waals surface area contributed by atoms with Crippen molar-refractivity contribution in [2.24, 2.45) is 57.7 Å². The predicted molar refractivity (Wildman–Crippen MR) is 538 cm³/mol. The van der Waals surface area contributed by atoms with Crippen LogP contribution in [0.25, 0.3) is 0 Å². The fourth-order valence-corrected chi connectivity index (χ4v) is 18.2. The van der Waals surface area contributed by atoms with Crippen molar-refractivity contribution in [1.82, 2.24) is 0 Å². The Morgan fingerprint density at radius 3 is 1.16 bits per heavy atom. The number of fused-ring (bicyclic) bond motifs is 5. The molecule has 6 aliphatic rings. The normalized spacial score (nSPS) is 19.7. The van der Waals surface area contributed by atoms with Crippen molar-refractivity contribution in [1.29, 1.82) is 0 Å². The summed E-state index contributed by atoms with van der Waals surface area (Å²) in [5.41, 5.74) is 3.44. The van der Waals surface area contributed by atoms with Crippen LogP contribution in [0.3, 0.4) is 0 Å². The summed E-state index contributed by atoms with van der Waals surface area (Å²) in [6, 6.07) is 45.1. The quantitative estimate of drug-likeness (QED) is 0.0155. The van der Waals surface area contributed by atoms with Crippen LogP contribution in [-0.4, -0.2) is 91.3 Å². The number of carbonyl (C=O) groups excluding carboxylic acids is 6. The molecule has 134 heavy (non-hydrogen) atoms. The molecule has 744 valence electrons. The van der Waals surface area contributed by atoms with Crippen LogP contribution in [0.5, 0.6) is 34.5 Å². The minimum absolute atomic E-state index is 0.149. The molecule has 0 N–H and O–H groups in total. The van der Waals surface area contributed by atoms with E-state index in [4.69, 9.17) is 56.8 Å². The average molecular weight is 1850 g/mol. The number of carbonyl (C=O) groups is 6. The number of benzene rings is 6. The van der Waals surface area contributed by atoms with Crippen LogP contribution in [0.4, 0.5) is 0 Å². The molecule has 11 atom stereocenters. The molecule has 2 bridgehead atoms. The molecule has 11 unspecified atom stereocenters. The maximum absolute atomic E-state index is 12.5. The number of hydrogen-bond donors (Lipinski definition) is 0. The Morgan fingerprint density at radius 2 is 0.769 bits per heavy atom. The fraction of sp³-hybridized carbons (Fsp3) is 0.638. The maximum Gasteiger partial charge on any atom is 0.338 e. The van der Waals surface area contributed by atoms with Crippen molar-refractivity contribution < 1.29 is 85.6 Å². The summed E-state index contributed by atoms with van der Waals surface area (Å²) in [7, 11) is 1.62. The van der Waals surface area contributed by atoms with Crippen LogP contribution in [-0.2, 0) is 42.8 Å². The average Bonchev–Trinajstić information content (AvgIpc) is 1.59. The number of methoxy groups -OCH3 is 1. The van der Waals surface area contributed by atoms with Crippen LogP contribution in [0.15, 0.2) is 146 Å². The second kappa shape index (κ2) is 54.0. The summed E-state index contributed by atoms with van der Waals surface area (Å²) in [6.07, 6.45) is 30.1. The van der Waals surface area contributed by atoms with Gasteiger partial charge in [0.1, 0.15) is 51.3 Å². The third-order valence-corrected chi connectivity index (χ3v) is 29.4. The van der Waals surface area contributed by atoms with Crippen molar-refractivity contribution in [3.8, 4) is 34.5 Å². The van der Waals surface area contributed by atoms with Gasteiger partial charge in [0.25, 0.3) is 0 Å². The van der Waals surface area contributed by atoms with Crippen LogP contribution in [0.2, 0.25) is 0 Å². The lowest BCUT2D eigenvalue weighted by molar-refractivity contribution is -0.162. The SMILES string of the molecule is CCC(C)(C)C(=O)Oc1ccc(OC(OC)C(C)C)cc1.CCC(C)(C)C(=O)Oc1ccc(OC(OC2CC3CC2C2CCCC32)C(C)C)cc1.CCC(C)c1cccc(C(=O)OC(C)(C)C2CCCCC2)c1.CCC(C)c1cccc(C(=O)OC2(C)CCCCC2)c1.CCC(C)c1cccc(C(=O)OC2(CC)CCCCC2)c1.CCOC(C)Oc1ccc(OC(=O)C(C)(C)CC)cc1. The standard InChI is InChI=1S/C26H38O4.C20H30O2.C19H28O2.C18H26O2.C17H26O4.C16H24O4/c1-6-26(4,5)25(27)29-19-12-10-18(11-13-19)28-24(16(2)3)30-23-15-17-14-22(23)21-9-7-8-20(17)21;1-5-15(2)16-10-9-11-17(14-16)19(21)22-20(3,4)18-12-7-6-8-13-18;1-4-15(3)16-10-9-11-17(14-16)18(20)21-19(5-2)12-7-6-8-13-19;1-4-14(2)15-9-8-10-16(13-15)17(19)20-18(3)11-6-5-7-12-18;1-7-17(4,5)16(18)21-14-10-8-13(9-11-14)20-15(19-6)12(2)3;1-6-16(4,5)15(17)20-14-10-8-13(9-11-14)19-12(3)18-7-2/h10-13,16-17,20-24H,6-9,14-15H2,1-5H3;9-11,14-15,18H,5-8,12-13H2,1-4H3;9-11,14-15H,4-8,12-13H2,1-3H3;8-10,13-14H,4-7,11-12H2,1-3H3;8-12,15H,7H2,1-6H3;8-12H,6-7H2,1-5H3. The highest BCUT2D eigenvalue weighted by atomic mass is 16.7. The highest BCUT2D eigenvalue weighted by Gasteiger charge is 2.55. The largest absolute Gasteiger partial charge is 0.465 e. The van der Waals surface area contributed by atoms with Crippen molar-refractivity contribution in [3.05, 3.63) is 179 Å². The molecule has 6 aromatic carbocycles.